The van der Waals surface area contributed by atoms with Gasteiger partial charge in [0.15, 0.2) is 0 Å². The zero-order valence-corrected chi connectivity index (χ0v) is 35.2. The van der Waals surface area contributed by atoms with E-state index in [9.17, 15) is 0 Å². The van der Waals surface area contributed by atoms with Crippen molar-refractivity contribution in [2.24, 2.45) is 0 Å². The molecule has 1 heteroatoms. The topological polar surface area (TPSA) is 13.1 Å². The predicted octanol–water partition coefficient (Wildman–Crippen LogP) is 17.4. The summed E-state index contributed by atoms with van der Waals surface area (Å²) < 4.78 is 6.16. The lowest BCUT2D eigenvalue weighted by Gasteiger charge is -2.21. The van der Waals surface area contributed by atoms with Crippen molar-refractivity contribution < 1.29 is 4.42 Å². The molecule has 0 saturated heterocycles. The highest BCUT2D eigenvalue weighted by molar-refractivity contribution is 6.06. The molecule has 0 atom stereocenters. The molecule has 300 valence electrons. The summed E-state index contributed by atoms with van der Waals surface area (Å²) in [6.07, 6.45) is 0. The molecule has 0 aliphatic rings. The summed E-state index contributed by atoms with van der Waals surface area (Å²) in [4.78, 5) is 0. The van der Waals surface area contributed by atoms with E-state index in [1.807, 2.05) is 12.1 Å². The Morgan fingerprint density at radius 1 is 0.234 bits per heavy atom. The van der Waals surface area contributed by atoms with Crippen molar-refractivity contribution in [1.29, 1.82) is 0 Å². The summed E-state index contributed by atoms with van der Waals surface area (Å²) in [5.74, 6) is 0.0130. The van der Waals surface area contributed by atoms with E-state index in [4.69, 9.17) is 4.42 Å². The lowest BCUT2D eigenvalue weighted by Crippen LogP contribution is -2.04. The van der Waals surface area contributed by atoms with Crippen LogP contribution in [0.2, 0.25) is 0 Å². The van der Waals surface area contributed by atoms with Crippen LogP contribution < -0.4 is 0 Å². The minimum atomic E-state index is 0.0130. The maximum absolute atomic E-state index is 6.16. The number of hydrogen-bond acceptors (Lipinski definition) is 1. The maximum atomic E-state index is 6.16. The SMILES string of the molecule is c1ccc(-c2cccc3ccccc23)c(-c2ccc(C(c3ccc(-c4ccc5oc6ccccc6c5c4)cc3)c3ccc(-c4ccccc4-c4cccc5ccccc45)cc3)cc2)c1. The Kier molecular flexibility index (Phi) is 9.31. The number of furan rings is 1. The second-order valence-corrected chi connectivity index (χ2v) is 16.8. The third-order valence-corrected chi connectivity index (χ3v) is 13.1. The summed E-state index contributed by atoms with van der Waals surface area (Å²) in [6.45, 7) is 0. The first-order valence-electron chi connectivity index (χ1n) is 22.1. The van der Waals surface area contributed by atoms with Gasteiger partial charge in [-0.3, -0.25) is 0 Å². The Bertz CT molecular complexity index is 3470. The quantitative estimate of drug-likeness (QED) is 0.139. The minimum absolute atomic E-state index is 0.0130. The molecule has 11 aromatic carbocycles. The van der Waals surface area contributed by atoms with Gasteiger partial charge in [-0.05, 0) is 112 Å². The second-order valence-electron chi connectivity index (χ2n) is 16.8. The first-order valence-corrected chi connectivity index (χ1v) is 22.1. The number of hydrogen-bond donors (Lipinski definition) is 0. The molecule has 0 N–H and O–H groups in total. The second kappa shape index (κ2) is 15.9. The van der Waals surface area contributed by atoms with Crippen molar-refractivity contribution in [3.8, 4) is 55.6 Å². The Balaban J connectivity index is 0.939. The molecule has 0 unspecified atom stereocenters. The van der Waals surface area contributed by atoms with Crippen molar-refractivity contribution in [3.05, 3.63) is 265 Å². The molecule has 0 radical (unpaired) electrons. The molecular weight excluding hydrogens is 773 g/mol. The molecule has 64 heavy (non-hydrogen) atoms. The molecule has 1 heterocycles. The Morgan fingerprint density at radius 2 is 0.609 bits per heavy atom. The van der Waals surface area contributed by atoms with E-state index in [2.05, 4.69) is 237 Å². The van der Waals surface area contributed by atoms with Gasteiger partial charge in [-0.2, -0.15) is 0 Å². The largest absolute Gasteiger partial charge is 0.456 e. The third kappa shape index (κ3) is 6.67. The van der Waals surface area contributed by atoms with E-state index in [1.54, 1.807) is 0 Å². The highest BCUT2D eigenvalue weighted by atomic mass is 16.3. The highest BCUT2D eigenvalue weighted by Crippen LogP contribution is 2.41. The fourth-order valence-electron chi connectivity index (χ4n) is 9.92. The van der Waals surface area contributed by atoms with Crippen LogP contribution >= 0.6 is 0 Å². The van der Waals surface area contributed by atoms with Gasteiger partial charge in [0.05, 0.1) is 0 Å². The van der Waals surface area contributed by atoms with Crippen LogP contribution in [0.1, 0.15) is 22.6 Å². The van der Waals surface area contributed by atoms with Crippen LogP contribution in [0, 0.1) is 0 Å². The predicted molar refractivity (Wildman–Crippen MR) is 270 cm³/mol. The van der Waals surface area contributed by atoms with Crippen molar-refractivity contribution in [2.75, 3.05) is 0 Å². The maximum Gasteiger partial charge on any atom is 0.135 e. The van der Waals surface area contributed by atoms with Crippen molar-refractivity contribution in [3.63, 3.8) is 0 Å². The van der Waals surface area contributed by atoms with Gasteiger partial charge in [0.25, 0.3) is 0 Å². The molecule has 0 fully saturated rings. The molecule has 0 amide bonds. The molecule has 0 spiro atoms. The standard InChI is InChI=1S/C63H42O/c1-3-17-51-43(13-1)15-11-24-57(51)55-21-7-5-19-53(55)45-29-35-48(36-30-45)63(47-33-27-42(28-34-47)50-39-40-62-60(41-50)59-23-9-10-26-61(59)64-62)49-37-31-46(32-38-49)54-20-6-8-22-56(54)58-25-12-16-44-14-2-4-18-52(44)58/h1-41,63H. The molecule has 0 saturated carbocycles. The molecule has 1 nitrogen and oxygen atoms in total. The molecule has 12 rings (SSSR count). The molecule has 0 aliphatic carbocycles. The van der Waals surface area contributed by atoms with Gasteiger partial charge in [0.2, 0.25) is 0 Å². The highest BCUT2D eigenvalue weighted by Gasteiger charge is 2.20. The Morgan fingerprint density at radius 3 is 1.14 bits per heavy atom. The normalized spacial score (nSPS) is 11.6. The van der Waals surface area contributed by atoms with Crippen molar-refractivity contribution >= 4 is 43.5 Å². The summed E-state index contributed by atoms with van der Waals surface area (Å²) in [5, 5.41) is 7.30. The fourth-order valence-corrected chi connectivity index (χ4v) is 9.92. The smallest absolute Gasteiger partial charge is 0.135 e. The average Bonchev–Trinajstić information content (AvgIpc) is 3.75. The van der Waals surface area contributed by atoms with Gasteiger partial charge in [-0.25, -0.2) is 0 Å². The lowest BCUT2D eigenvalue weighted by atomic mass is 9.82. The first kappa shape index (κ1) is 37.5. The molecule has 1 aromatic heterocycles. The van der Waals surface area contributed by atoms with Crippen LogP contribution in [-0.2, 0) is 0 Å². The Labute approximate surface area is 373 Å². The fraction of sp³-hybridized carbons (Fsp3) is 0.0159. The zero-order valence-electron chi connectivity index (χ0n) is 35.2. The summed E-state index contributed by atoms with van der Waals surface area (Å²) in [5.41, 5.74) is 17.7. The van der Waals surface area contributed by atoms with Gasteiger partial charge in [0.1, 0.15) is 11.2 Å². The van der Waals surface area contributed by atoms with Crippen LogP contribution in [-0.4, -0.2) is 0 Å². The summed E-state index contributed by atoms with van der Waals surface area (Å²) in [7, 11) is 0. The van der Waals surface area contributed by atoms with Crippen LogP contribution in [0.15, 0.2) is 253 Å². The lowest BCUT2D eigenvalue weighted by molar-refractivity contribution is 0.669. The summed E-state index contributed by atoms with van der Waals surface area (Å²) >= 11 is 0. The van der Waals surface area contributed by atoms with Crippen LogP contribution in [0.4, 0.5) is 0 Å². The minimum Gasteiger partial charge on any atom is -0.456 e. The van der Waals surface area contributed by atoms with E-state index in [1.165, 1.54) is 93.9 Å². The Hall–Kier alpha value is -8.26. The molecular formula is C63H42O. The van der Waals surface area contributed by atoms with Gasteiger partial charge in [-0.1, -0.05) is 231 Å². The van der Waals surface area contributed by atoms with Crippen molar-refractivity contribution in [2.45, 2.75) is 5.92 Å². The van der Waals surface area contributed by atoms with E-state index in [-0.39, 0.29) is 5.92 Å². The molecule has 12 aromatic rings. The van der Waals surface area contributed by atoms with E-state index < -0.39 is 0 Å². The van der Waals surface area contributed by atoms with Crippen molar-refractivity contribution in [1.82, 2.24) is 0 Å². The van der Waals surface area contributed by atoms with Crippen LogP contribution in [0.25, 0.3) is 99.1 Å². The first-order chi connectivity index (χ1) is 31.7. The number of para-hydroxylation sites is 1. The van der Waals surface area contributed by atoms with Crippen LogP contribution in [0.5, 0.6) is 0 Å². The third-order valence-electron chi connectivity index (χ3n) is 13.1. The van der Waals surface area contributed by atoms with Gasteiger partial charge >= 0.3 is 0 Å². The molecule has 0 aliphatic heterocycles. The van der Waals surface area contributed by atoms with Gasteiger partial charge in [0, 0.05) is 16.7 Å². The zero-order chi connectivity index (χ0) is 42.4. The average molecular weight is 815 g/mol. The van der Waals surface area contributed by atoms with Gasteiger partial charge < -0.3 is 4.42 Å². The van der Waals surface area contributed by atoms with E-state index in [0.717, 1.165) is 21.9 Å². The molecule has 0 bridgehead atoms. The number of fused-ring (bicyclic) bond motifs is 5. The number of benzene rings is 11. The monoisotopic (exact) mass is 814 g/mol. The van der Waals surface area contributed by atoms with E-state index >= 15 is 0 Å². The van der Waals surface area contributed by atoms with E-state index in [0.29, 0.717) is 0 Å². The van der Waals surface area contributed by atoms with Gasteiger partial charge in [-0.15, -0.1) is 0 Å². The number of rotatable bonds is 8. The summed E-state index contributed by atoms with van der Waals surface area (Å²) in [6, 6.07) is 90.6. The van der Waals surface area contributed by atoms with Crippen LogP contribution in [0.3, 0.4) is 0 Å².